The number of nitrogens with zero attached hydrogens (tertiary/aromatic N) is 1. The van der Waals surface area contributed by atoms with E-state index in [-0.39, 0.29) is 11.9 Å². The van der Waals surface area contributed by atoms with Crippen molar-refractivity contribution < 1.29 is 4.39 Å². The van der Waals surface area contributed by atoms with Crippen molar-refractivity contribution in [2.45, 2.75) is 19.4 Å². The zero-order valence-corrected chi connectivity index (χ0v) is 11.7. The molecule has 1 atom stereocenters. The molecule has 0 aliphatic heterocycles. The summed E-state index contributed by atoms with van der Waals surface area (Å²) >= 11 is 3.22. The molecule has 1 heterocycles. The van der Waals surface area contributed by atoms with E-state index in [0.717, 1.165) is 24.4 Å². The van der Waals surface area contributed by atoms with E-state index in [4.69, 9.17) is 0 Å². The Balaban J connectivity index is 2.20. The van der Waals surface area contributed by atoms with Crippen molar-refractivity contribution in [2.24, 2.45) is 0 Å². The fraction of sp³-hybridized carbons (Fsp3) is 0.308. The Morgan fingerprint density at radius 3 is 2.94 bits per heavy atom. The SMILES string of the molecule is CCNC(Cc1ncc[nH]1)c1ccc(F)c(Br)c1. The first-order valence-electron chi connectivity index (χ1n) is 5.87. The Bertz CT molecular complexity index is 499. The number of aromatic nitrogens is 2. The van der Waals surface area contributed by atoms with Gasteiger partial charge in [0.05, 0.1) is 4.47 Å². The minimum absolute atomic E-state index is 0.123. The summed E-state index contributed by atoms with van der Waals surface area (Å²) in [5.74, 6) is 0.674. The molecule has 0 fully saturated rings. The van der Waals surface area contributed by atoms with E-state index in [1.54, 1.807) is 18.5 Å². The third-order valence-corrected chi connectivity index (χ3v) is 3.36. The van der Waals surface area contributed by atoms with Gasteiger partial charge in [-0.2, -0.15) is 0 Å². The van der Waals surface area contributed by atoms with Crippen molar-refractivity contribution in [3.8, 4) is 0 Å². The van der Waals surface area contributed by atoms with Crippen molar-refractivity contribution in [2.75, 3.05) is 6.54 Å². The second-order valence-electron chi connectivity index (χ2n) is 4.02. The van der Waals surface area contributed by atoms with Crippen molar-refractivity contribution in [1.29, 1.82) is 0 Å². The topological polar surface area (TPSA) is 40.7 Å². The molecule has 0 saturated carbocycles. The summed E-state index contributed by atoms with van der Waals surface area (Å²) in [4.78, 5) is 7.31. The number of imidazole rings is 1. The third kappa shape index (κ3) is 3.17. The van der Waals surface area contributed by atoms with Crippen LogP contribution in [0.25, 0.3) is 0 Å². The highest BCUT2D eigenvalue weighted by Crippen LogP contribution is 2.23. The molecular formula is C13H15BrFN3. The number of benzene rings is 1. The monoisotopic (exact) mass is 311 g/mol. The Kier molecular flexibility index (Phi) is 4.49. The van der Waals surface area contributed by atoms with E-state index in [0.29, 0.717) is 4.47 Å². The van der Waals surface area contributed by atoms with Gasteiger partial charge in [0, 0.05) is 24.9 Å². The van der Waals surface area contributed by atoms with Gasteiger partial charge >= 0.3 is 0 Å². The van der Waals surface area contributed by atoms with Gasteiger partial charge in [0.2, 0.25) is 0 Å². The predicted molar refractivity (Wildman–Crippen MR) is 72.8 cm³/mol. The molecule has 1 unspecified atom stereocenters. The van der Waals surface area contributed by atoms with E-state index < -0.39 is 0 Å². The van der Waals surface area contributed by atoms with Gasteiger partial charge in [-0.15, -0.1) is 0 Å². The van der Waals surface area contributed by atoms with E-state index in [2.05, 4.69) is 31.2 Å². The number of hydrogen-bond acceptors (Lipinski definition) is 2. The van der Waals surface area contributed by atoms with Crippen LogP contribution in [0.5, 0.6) is 0 Å². The molecule has 5 heteroatoms. The summed E-state index contributed by atoms with van der Waals surface area (Å²) in [5, 5.41) is 3.38. The van der Waals surface area contributed by atoms with Gasteiger partial charge in [0.1, 0.15) is 11.6 Å². The maximum absolute atomic E-state index is 13.2. The van der Waals surface area contributed by atoms with Crippen LogP contribution in [0.4, 0.5) is 4.39 Å². The summed E-state index contributed by atoms with van der Waals surface area (Å²) in [6.45, 7) is 2.90. The van der Waals surface area contributed by atoms with Crippen LogP contribution in [0, 0.1) is 5.82 Å². The molecule has 0 amide bonds. The van der Waals surface area contributed by atoms with E-state index in [1.807, 2.05) is 13.0 Å². The Hall–Kier alpha value is -1.20. The Morgan fingerprint density at radius 1 is 1.50 bits per heavy atom. The summed E-state index contributed by atoms with van der Waals surface area (Å²) in [7, 11) is 0. The first-order valence-corrected chi connectivity index (χ1v) is 6.66. The molecule has 2 rings (SSSR count). The van der Waals surface area contributed by atoms with E-state index >= 15 is 0 Å². The molecule has 0 aliphatic carbocycles. The standard InChI is InChI=1S/C13H15BrFN3/c1-2-16-12(8-13-17-5-6-18-13)9-3-4-11(15)10(14)7-9/h3-7,12,16H,2,8H2,1H3,(H,17,18). The van der Waals surface area contributed by atoms with Crippen LogP contribution in [0.15, 0.2) is 35.1 Å². The van der Waals surface area contributed by atoms with Crippen LogP contribution in [0.2, 0.25) is 0 Å². The summed E-state index contributed by atoms with van der Waals surface area (Å²) < 4.78 is 13.7. The van der Waals surface area contributed by atoms with Crippen LogP contribution in [0.3, 0.4) is 0 Å². The largest absolute Gasteiger partial charge is 0.349 e. The fourth-order valence-corrected chi connectivity index (χ4v) is 2.28. The lowest BCUT2D eigenvalue weighted by molar-refractivity contribution is 0.536. The summed E-state index contributed by atoms with van der Waals surface area (Å²) in [6.07, 6.45) is 4.29. The molecule has 0 spiro atoms. The first kappa shape index (κ1) is 13.2. The number of hydrogen-bond donors (Lipinski definition) is 2. The lowest BCUT2D eigenvalue weighted by atomic mass is 10.0. The zero-order chi connectivity index (χ0) is 13.0. The van der Waals surface area contributed by atoms with Crippen LogP contribution in [0.1, 0.15) is 24.4 Å². The van der Waals surface area contributed by atoms with Gasteiger partial charge < -0.3 is 10.3 Å². The van der Waals surface area contributed by atoms with Crippen LogP contribution >= 0.6 is 15.9 Å². The van der Waals surface area contributed by atoms with Gasteiger partial charge in [0.25, 0.3) is 0 Å². The molecule has 2 aromatic rings. The lowest BCUT2D eigenvalue weighted by Gasteiger charge is -2.17. The van der Waals surface area contributed by atoms with E-state index in [1.165, 1.54) is 6.07 Å². The average Bonchev–Trinajstić information content (AvgIpc) is 2.85. The maximum Gasteiger partial charge on any atom is 0.137 e. The second-order valence-corrected chi connectivity index (χ2v) is 4.88. The van der Waals surface area contributed by atoms with Crippen LogP contribution < -0.4 is 5.32 Å². The maximum atomic E-state index is 13.2. The van der Waals surface area contributed by atoms with E-state index in [9.17, 15) is 4.39 Å². The molecule has 18 heavy (non-hydrogen) atoms. The third-order valence-electron chi connectivity index (χ3n) is 2.75. The Labute approximate surface area is 114 Å². The molecule has 96 valence electrons. The minimum atomic E-state index is -0.244. The van der Waals surface area contributed by atoms with Crippen molar-refractivity contribution in [3.05, 3.63) is 52.3 Å². The van der Waals surface area contributed by atoms with Gasteiger partial charge in [-0.3, -0.25) is 0 Å². The van der Waals surface area contributed by atoms with Crippen molar-refractivity contribution in [1.82, 2.24) is 15.3 Å². The zero-order valence-electron chi connectivity index (χ0n) is 10.1. The second kappa shape index (κ2) is 6.11. The number of H-pyrrole nitrogens is 1. The average molecular weight is 312 g/mol. The van der Waals surface area contributed by atoms with Gasteiger partial charge in [-0.25, -0.2) is 9.37 Å². The predicted octanol–water partition coefficient (Wildman–Crippen LogP) is 3.20. The normalized spacial score (nSPS) is 12.6. The highest BCUT2D eigenvalue weighted by atomic mass is 79.9. The Morgan fingerprint density at radius 2 is 2.33 bits per heavy atom. The smallest absolute Gasteiger partial charge is 0.137 e. The first-order chi connectivity index (χ1) is 8.70. The highest BCUT2D eigenvalue weighted by molar-refractivity contribution is 9.10. The quantitative estimate of drug-likeness (QED) is 0.890. The lowest BCUT2D eigenvalue weighted by Crippen LogP contribution is -2.23. The molecule has 0 saturated heterocycles. The molecule has 1 aromatic carbocycles. The molecule has 0 radical (unpaired) electrons. The summed E-state index contributed by atoms with van der Waals surface area (Å²) in [5.41, 5.74) is 1.04. The van der Waals surface area contributed by atoms with Crippen molar-refractivity contribution in [3.63, 3.8) is 0 Å². The molecule has 1 aromatic heterocycles. The number of likely N-dealkylation sites (N-methyl/N-ethyl adjacent to an activating group) is 1. The highest BCUT2D eigenvalue weighted by Gasteiger charge is 2.13. The number of aromatic amines is 1. The molecule has 0 bridgehead atoms. The van der Waals surface area contributed by atoms with Gasteiger partial charge in [-0.1, -0.05) is 13.0 Å². The van der Waals surface area contributed by atoms with Crippen LogP contribution in [-0.4, -0.2) is 16.5 Å². The molecular weight excluding hydrogens is 297 g/mol. The number of nitrogens with one attached hydrogen (secondary N) is 2. The van der Waals surface area contributed by atoms with Crippen LogP contribution in [-0.2, 0) is 6.42 Å². The number of halogens is 2. The number of rotatable bonds is 5. The van der Waals surface area contributed by atoms with Gasteiger partial charge in [0.15, 0.2) is 0 Å². The molecule has 0 aliphatic rings. The van der Waals surface area contributed by atoms with Gasteiger partial charge in [-0.05, 0) is 40.2 Å². The fourth-order valence-electron chi connectivity index (χ4n) is 1.89. The van der Waals surface area contributed by atoms with Crippen molar-refractivity contribution >= 4 is 15.9 Å². The molecule has 3 nitrogen and oxygen atoms in total. The minimum Gasteiger partial charge on any atom is -0.349 e. The molecule has 2 N–H and O–H groups in total. The summed E-state index contributed by atoms with van der Waals surface area (Å²) in [6, 6.07) is 5.21.